The van der Waals surface area contributed by atoms with E-state index in [1.54, 1.807) is 0 Å². The number of hydrogen-bond donors (Lipinski definition) is 0. The summed E-state index contributed by atoms with van der Waals surface area (Å²) in [5.41, 5.74) is 5.59. The second-order valence-corrected chi connectivity index (χ2v) is 9.26. The predicted octanol–water partition coefficient (Wildman–Crippen LogP) is 8.53. The van der Waals surface area contributed by atoms with E-state index in [-0.39, 0.29) is 5.41 Å². The average molecular weight is 373 g/mol. The topological polar surface area (TPSA) is 17.1 Å². The summed E-state index contributed by atoms with van der Waals surface area (Å²) in [6.07, 6.45) is 17.7. The Bertz CT molecular complexity index is 558. The van der Waals surface area contributed by atoms with Gasteiger partial charge in [0, 0.05) is 11.8 Å². The lowest BCUT2D eigenvalue weighted by molar-refractivity contribution is -0.126. The van der Waals surface area contributed by atoms with E-state index in [1.165, 1.54) is 28.7 Å². The summed E-state index contributed by atoms with van der Waals surface area (Å²) in [6.45, 7) is 17.0. The Morgan fingerprint density at radius 3 is 1.26 bits per heavy atom. The standard InChI is InChI=1S/C26H44O/c1-21(2)13-9-14-22(3)15-10-16-23(4)17-11-18-24(5)19-12-20-25(27)26(6,7)8/h13,15,17,19H,9-12,14,16,18,20H2,1-8H3/b22-15+,23-17+,24-19+. The fraction of sp³-hybridized carbons (Fsp3) is 0.654. The summed E-state index contributed by atoms with van der Waals surface area (Å²) in [5.74, 6) is 0.353. The van der Waals surface area contributed by atoms with Crippen LogP contribution in [0.3, 0.4) is 0 Å². The van der Waals surface area contributed by atoms with Crippen LogP contribution in [-0.2, 0) is 4.79 Å². The van der Waals surface area contributed by atoms with Crippen molar-refractivity contribution in [3.05, 3.63) is 46.6 Å². The minimum atomic E-state index is -0.208. The Labute approximate surface area is 169 Å². The fourth-order valence-electron chi connectivity index (χ4n) is 2.81. The van der Waals surface area contributed by atoms with Gasteiger partial charge in [-0.05, 0) is 79.6 Å². The second-order valence-electron chi connectivity index (χ2n) is 9.26. The van der Waals surface area contributed by atoms with Gasteiger partial charge in [0.15, 0.2) is 0 Å². The molecule has 1 heteroatoms. The van der Waals surface area contributed by atoms with Crippen molar-refractivity contribution in [2.24, 2.45) is 5.41 Å². The number of ketones is 1. The third-order valence-corrected chi connectivity index (χ3v) is 4.85. The van der Waals surface area contributed by atoms with Gasteiger partial charge in [-0.1, -0.05) is 67.4 Å². The van der Waals surface area contributed by atoms with Gasteiger partial charge in [0.1, 0.15) is 5.78 Å². The molecule has 0 saturated carbocycles. The molecule has 0 aliphatic rings. The van der Waals surface area contributed by atoms with E-state index < -0.39 is 0 Å². The van der Waals surface area contributed by atoms with Crippen LogP contribution < -0.4 is 0 Å². The lowest BCUT2D eigenvalue weighted by atomic mass is 9.88. The molecule has 0 aromatic carbocycles. The summed E-state index contributed by atoms with van der Waals surface area (Å²) in [4.78, 5) is 11.9. The van der Waals surface area contributed by atoms with Gasteiger partial charge in [0.05, 0.1) is 0 Å². The molecule has 0 fully saturated rings. The molecular formula is C26H44O. The number of hydrogen-bond acceptors (Lipinski definition) is 1. The van der Waals surface area contributed by atoms with Crippen LogP contribution in [0.25, 0.3) is 0 Å². The molecule has 0 aliphatic heterocycles. The van der Waals surface area contributed by atoms with Crippen molar-refractivity contribution in [2.45, 2.75) is 107 Å². The Morgan fingerprint density at radius 2 is 0.926 bits per heavy atom. The van der Waals surface area contributed by atoms with Crippen LogP contribution in [0.1, 0.15) is 107 Å². The lowest BCUT2D eigenvalue weighted by Gasteiger charge is -2.15. The molecule has 27 heavy (non-hydrogen) atoms. The zero-order valence-electron chi connectivity index (χ0n) is 19.4. The van der Waals surface area contributed by atoms with Crippen molar-refractivity contribution in [3.63, 3.8) is 0 Å². The smallest absolute Gasteiger partial charge is 0.138 e. The van der Waals surface area contributed by atoms with Crippen molar-refractivity contribution < 1.29 is 4.79 Å². The molecule has 0 rings (SSSR count). The maximum Gasteiger partial charge on any atom is 0.138 e. The molecule has 154 valence electrons. The Morgan fingerprint density at radius 1 is 0.593 bits per heavy atom. The molecular weight excluding hydrogens is 328 g/mol. The van der Waals surface area contributed by atoms with Crippen LogP contribution >= 0.6 is 0 Å². The monoisotopic (exact) mass is 372 g/mol. The van der Waals surface area contributed by atoms with E-state index in [2.05, 4.69) is 58.9 Å². The number of carbonyl (C=O) groups excluding carboxylic acids is 1. The Hall–Kier alpha value is -1.37. The largest absolute Gasteiger partial charge is 0.299 e. The third-order valence-electron chi connectivity index (χ3n) is 4.85. The first-order valence-electron chi connectivity index (χ1n) is 10.7. The Kier molecular flexibility index (Phi) is 13.0. The van der Waals surface area contributed by atoms with E-state index in [1.807, 2.05) is 20.8 Å². The van der Waals surface area contributed by atoms with Gasteiger partial charge < -0.3 is 0 Å². The number of allylic oxidation sites excluding steroid dienone is 8. The first-order chi connectivity index (χ1) is 12.5. The second kappa shape index (κ2) is 13.7. The molecule has 0 aliphatic carbocycles. The highest BCUT2D eigenvalue weighted by molar-refractivity contribution is 5.83. The van der Waals surface area contributed by atoms with Crippen molar-refractivity contribution in [1.29, 1.82) is 0 Å². The quantitative estimate of drug-likeness (QED) is 0.314. The predicted molar refractivity (Wildman–Crippen MR) is 122 cm³/mol. The normalized spacial score (nSPS) is 13.7. The maximum atomic E-state index is 11.9. The summed E-state index contributed by atoms with van der Waals surface area (Å²) < 4.78 is 0. The Balaban J connectivity index is 4.09. The van der Waals surface area contributed by atoms with E-state index in [9.17, 15) is 4.79 Å². The van der Waals surface area contributed by atoms with Gasteiger partial charge in [0.2, 0.25) is 0 Å². The van der Waals surface area contributed by atoms with E-state index >= 15 is 0 Å². The summed E-state index contributed by atoms with van der Waals surface area (Å²) >= 11 is 0. The van der Waals surface area contributed by atoms with E-state index in [0.29, 0.717) is 12.2 Å². The molecule has 0 aromatic heterocycles. The van der Waals surface area contributed by atoms with E-state index in [4.69, 9.17) is 0 Å². The van der Waals surface area contributed by atoms with Crippen molar-refractivity contribution in [2.75, 3.05) is 0 Å². The van der Waals surface area contributed by atoms with Crippen molar-refractivity contribution in [3.8, 4) is 0 Å². The van der Waals surface area contributed by atoms with E-state index in [0.717, 1.165) is 38.5 Å². The SMILES string of the molecule is CC(C)=CCC/C(C)=C/CC/C(C)=C/CC/C(C)=C/CCC(=O)C(C)(C)C. The van der Waals surface area contributed by atoms with Crippen LogP contribution in [-0.4, -0.2) is 5.78 Å². The highest BCUT2D eigenvalue weighted by Gasteiger charge is 2.19. The van der Waals surface area contributed by atoms with Crippen LogP contribution in [0, 0.1) is 5.41 Å². The fourth-order valence-corrected chi connectivity index (χ4v) is 2.81. The highest BCUT2D eigenvalue weighted by Crippen LogP contribution is 2.19. The molecule has 1 nitrogen and oxygen atoms in total. The average Bonchev–Trinajstić information content (AvgIpc) is 2.53. The number of rotatable bonds is 12. The van der Waals surface area contributed by atoms with Gasteiger partial charge >= 0.3 is 0 Å². The molecule has 0 spiro atoms. The summed E-state index contributed by atoms with van der Waals surface area (Å²) in [7, 11) is 0. The molecule has 0 amide bonds. The highest BCUT2D eigenvalue weighted by atomic mass is 16.1. The molecule has 0 saturated heterocycles. The number of carbonyl (C=O) groups is 1. The van der Waals surface area contributed by atoms with Gasteiger partial charge in [-0.15, -0.1) is 0 Å². The minimum Gasteiger partial charge on any atom is -0.299 e. The molecule has 0 bridgehead atoms. The van der Waals surface area contributed by atoms with Crippen LogP contribution in [0.2, 0.25) is 0 Å². The summed E-state index contributed by atoms with van der Waals surface area (Å²) in [5, 5.41) is 0. The first kappa shape index (κ1) is 25.6. The molecule has 0 N–H and O–H groups in total. The molecule has 0 unspecified atom stereocenters. The van der Waals surface area contributed by atoms with Crippen LogP contribution in [0.15, 0.2) is 46.6 Å². The maximum absolute atomic E-state index is 11.9. The summed E-state index contributed by atoms with van der Waals surface area (Å²) in [6, 6.07) is 0. The van der Waals surface area contributed by atoms with Gasteiger partial charge in [-0.2, -0.15) is 0 Å². The number of Topliss-reactive ketones (excluding diaryl/α,β-unsaturated/α-hetero) is 1. The first-order valence-corrected chi connectivity index (χ1v) is 10.7. The van der Waals surface area contributed by atoms with Gasteiger partial charge in [0.25, 0.3) is 0 Å². The van der Waals surface area contributed by atoms with Gasteiger partial charge in [-0.25, -0.2) is 0 Å². The zero-order chi connectivity index (χ0) is 20.9. The zero-order valence-corrected chi connectivity index (χ0v) is 19.4. The van der Waals surface area contributed by atoms with Crippen LogP contribution in [0.5, 0.6) is 0 Å². The molecule has 0 heterocycles. The van der Waals surface area contributed by atoms with Crippen LogP contribution in [0.4, 0.5) is 0 Å². The lowest BCUT2D eigenvalue weighted by Crippen LogP contribution is -2.19. The molecule has 0 aromatic rings. The minimum absolute atomic E-state index is 0.208. The van der Waals surface area contributed by atoms with Gasteiger partial charge in [-0.3, -0.25) is 4.79 Å². The third kappa shape index (κ3) is 15.4. The van der Waals surface area contributed by atoms with Crippen molar-refractivity contribution in [1.82, 2.24) is 0 Å². The van der Waals surface area contributed by atoms with Crippen molar-refractivity contribution >= 4 is 5.78 Å². The molecule has 0 atom stereocenters. The molecule has 0 radical (unpaired) electrons.